The van der Waals surface area contributed by atoms with E-state index in [4.69, 9.17) is 0 Å². The fourth-order valence-corrected chi connectivity index (χ4v) is 4.36. The molecule has 1 heterocycles. The average molecular weight is 471 g/mol. The van der Waals surface area contributed by atoms with E-state index < -0.39 is 0 Å². The molecule has 0 spiro atoms. The molecule has 0 radical (unpaired) electrons. The summed E-state index contributed by atoms with van der Waals surface area (Å²) in [5, 5.41) is 0. The first kappa shape index (κ1) is 26.1. The third-order valence-corrected chi connectivity index (χ3v) is 5.98. The summed E-state index contributed by atoms with van der Waals surface area (Å²) in [6.45, 7) is 5.18. The number of halogens is 2. The molecule has 3 aromatic carbocycles. The highest BCUT2D eigenvalue weighted by Crippen LogP contribution is 2.29. The maximum Gasteiger partial charge on any atom is 0.162 e. The van der Waals surface area contributed by atoms with Crippen LogP contribution in [0.2, 0.25) is 0 Å². The van der Waals surface area contributed by atoms with E-state index in [0.29, 0.717) is 12.5 Å². The maximum absolute atomic E-state index is 12.3. The quantitative estimate of drug-likeness (QED) is 0.382. The number of Topliss-reactive ketones (excluding diaryl/α,β-unsaturated/α-hetero) is 1. The summed E-state index contributed by atoms with van der Waals surface area (Å²) < 4.78 is 0. The zero-order chi connectivity index (χ0) is 20.6. The molecule has 1 aliphatic heterocycles. The lowest BCUT2D eigenvalue weighted by molar-refractivity contribution is 0.0942. The van der Waals surface area contributed by atoms with Crippen molar-refractivity contribution >= 4 is 30.6 Å². The molecule has 1 saturated heterocycles. The molecule has 0 saturated carbocycles. The third kappa shape index (κ3) is 6.91. The Hall–Kier alpha value is -2.17. The number of carbonyl (C=O) groups excluding carboxylic acids is 1. The molecule has 0 atom stereocenters. The molecule has 32 heavy (non-hydrogen) atoms. The first-order chi connectivity index (χ1) is 14.8. The van der Waals surface area contributed by atoms with E-state index in [-0.39, 0.29) is 30.6 Å². The zero-order valence-electron chi connectivity index (χ0n) is 18.3. The molecule has 3 aromatic rings. The summed E-state index contributed by atoms with van der Waals surface area (Å²) in [4.78, 5) is 17.4. The monoisotopic (exact) mass is 470 g/mol. The Balaban J connectivity index is 0.00000181. The molecule has 0 aromatic heterocycles. The van der Waals surface area contributed by atoms with Gasteiger partial charge in [0, 0.05) is 38.2 Å². The molecule has 170 valence electrons. The van der Waals surface area contributed by atoms with Crippen molar-refractivity contribution < 1.29 is 4.79 Å². The number of piperazine rings is 1. The van der Waals surface area contributed by atoms with Crippen LogP contribution in [0.1, 0.15) is 40.4 Å². The van der Waals surface area contributed by atoms with Gasteiger partial charge >= 0.3 is 0 Å². The van der Waals surface area contributed by atoms with Gasteiger partial charge in [-0.1, -0.05) is 91.0 Å². The van der Waals surface area contributed by atoms with Crippen LogP contribution in [0.15, 0.2) is 91.0 Å². The van der Waals surface area contributed by atoms with E-state index >= 15 is 0 Å². The number of nitrogens with zero attached hydrogens (tertiary/aromatic N) is 2. The SMILES string of the molecule is Cl.Cl.O=C(CCCN1CCN(C(c2ccccc2)c2ccccc2)CC1)c1ccccc1. The van der Waals surface area contributed by atoms with Crippen LogP contribution >= 0.6 is 24.8 Å². The van der Waals surface area contributed by atoms with Crippen molar-refractivity contribution in [2.45, 2.75) is 18.9 Å². The minimum atomic E-state index is 0. The highest BCUT2D eigenvalue weighted by molar-refractivity contribution is 5.95. The summed E-state index contributed by atoms with van der Waals surface area (Å²) in [6, 6.07) is 31.6. The van der Waals surface area contributed by atoms with Gasteiger partial charge in [-0.15, -0.1) is 24.8 Å². The van der Waals surface area contributed by atoms with Gasteiger partial charge in [-0.25, -0.2) is 0 Å². The number of rotatable bonds is 8. The highest BCUT2D eigenvalue weighted by atomic mass is 35.5. The molecular formula is C27H32Cl2N2O. The fourth-order valence-electron chi connectivity index (χ4n) is 4.36. The molecule has 5 heteroatoms. The summed E-state index contributed by atoms with van der Waals surface area (Å²) in [5.41, 5.74) is 3.53. The van der Waals surface area contributed by atoms with Crippen molar-refractivity contribution in [3.8, 4) is 0 Å². The van der Waals surface area contributed by atoms with Crippen LogP contribution in [0, 0.1) is 0 Å². The lowest BCUT2D eigenvalue weighted by Gasteiger charge is -2.39. The van der Waals surface area contributed by atoms with Crippen molar-refractivity contribution in [3.05, 3.63) is 108 Å². The first-order valence-electron chi connectivity index (χ1n) is 11.0. The normalized spacial score (nSPS) is 14.4. The number of hydrogen-bond donors (Lipinski definition) is 0. The molecular weight excluding hydrogens is 439 g/mol. The standard InChI is InChI=1S/C27H30N2O.2ClH/c30-26(23-11-4-1-5-12-23)17-10-18-28-19-21-29(22-20-28)27(24-13-6-2-7-14-24)25-15-8-3-9-16-25;;/h1-9,11-16,27H,10,17-22H2;2*1H. The average Bonchev–Trinajstić information content (AvgIpc) is 2.82. The van der Waals surface area contributed by atoms with Crippen molar-refractivity contribution in [3.63, 3.8) is 0 Å². The van der Waals surface area contributed by atoms with Crippen LogP contribution in [0.25, 0.3) is 0 Å². The second-order valence-electron chi connectivity index (χ2n) is 7.99. The van der Waals surface area contributed by atoms with E-state index in [1.807, 2.05) is 30.3 Å². The molecule has 1 fully saturated rings. The van der Waals surface area contributed by atoms with Gasteiger partial charge in [0.2, 0.25) is 0 Å². The van der Waals surface area contributed by atoms with E-state index in [0.717, 1.165) is 44.7 Å². The zero-order valence-corrected chi connectivity index (χ0v) is 19.9. The van der Waals surface area contributed by atoms with Gasteiger partial charge in [0.05, 0.1) is 6.04 Å². The molecule has 3 nitrogen and oxygen atoms in total. The van der Waals surface area contributed by atoms with Crippen LogP contribution in [0.4, 0.5) is 0 Å². The van der Waals surface area contributed by atoms with Crippen molar-refractivity contribution in [2.24, 2.45) is 0 Å². The van der Waals surface area contributed by atoms with Gasteiger partial charge in [-0.3, -0.25) is 9.69 Å². The van der Waals surface area contributed by atoms with Crippen molar-refractivity contribution in [2.75, 3.05) is 32.7 Å². The van der Waals surface area contributed by atoms with Crippen molar-refractivity contribution in [1.82, 2.24) is 9.80 Å². The minimum absolute atomic E-state index is 0. The lowest BCUT2D eigenvalue weighted by Crippen LogP contribution is -2.48. The summed E-state index contributed by atoms with van der Waals surface area (Å²) >= 11 is 0. The van der Waals surface area contributed by atoms with E-state index in [2.05, 4.69) is 70.5 Å². The van der Waals surface area contributed by atoms with Gasteiger partial charge in [0.1, 0.15) is 0 Å². The predicted molar refractivity (Wildman–Crippen MR) is 137 cm³/mol. The van der Waals surface area contributed by atoms with Gasteiger partial charge in [-0.2, -0.15) is 0 Å². The lowest BCUT2D eigenvalue weighted by atomic mass is 9.96. The Morgan fingerprint density at radius 1 is 0.688 bits per heavy atom. The third-order valence-electron chi connectivity index (χ3n) is 5.98. The summed E-state index contributed by atoms with van der Waals surface area (Å²) in [5.74, 6) is 0.252. The van der Waals surface area contributed by atoms with Crippen LogP contribution in [-0.2, 0) is 0 Å². The Morgan fingerprint density at radius 2 is 1.16 bits per heavy atom. The number of ketones is 1. The van der Waals surface area contributed by atoms with Crippen molar-refractivity contribution in [1.29, 1.82) is 0 Å². The number of carbonyl (C=O) groups is 1. The molecule has 0 N–H and O–H groups in total. The minimum Gasteiger partial charge on any atom is -0.301 e. The fraction of sp³-hybridized carbons (Fsp3) is 0.296. The van der Waals surface area contributed by atoms with Crippen LogP contribution < -0.4 is 0 Å². The summed E-state index contributed by atoms with van der Waals surface area (Å²) in [6.07, 6.45) is 1.55. The second kappa shape index (κ2) is 13.4. The van der Waals surface area contributed by atoms with Crippen LogP contribution in [-0.4, -0.2) is 48.3 Å². The van der Waals surface area contributed by atoms with Crippen LogP contribution in [0.5, 0.6) is 0 Å². The predicted octanol–water partition coefficient (Wildman–Crippen LogP) is 5.90. The topological polar surface area (TPSA) is 23.6 Å². The van der Waals surface area contributed by atoms with E-state index in [1.165, 1.54) is 11.1 Å². The highest BCUT2D eigenvalue weighted by Gasteiger charge is 2.26. The van der Waals surface area contributed by atoms with E-state index in [1.54, 1.807) is 0 Å². The Bertz CT molecular complexity index is 875. The van der Waals surface area contributed by atoms with Gasteiger partial charge < -0.3 is 4.90 Å². The second-order valence-corrected chi connectivity index (χ2v) is 7.99. The van der Waals surface area contributed by atoms with Gasteiger partial charge in [0.15, 0.2) is 5.78 Å². The Kier molecular flexibility index (Phi) is 10.9. The van der Waals surface area contributed by atoms with Gasteiger partial charge in [0.25, 0.3) is 0 Å². The molecule has 1 aliphatic rings. The number of benzene rings is 3. The maximum atomic E-state index is 12.3. The number of hydrogen-bond acceptors (Lipinski definition) is 3. The summed E-state index contributed by atoms with van der Waals surface area (Å²) in [7, 11) is 0. The Morgan fingerprint density at radius 3 is 1.66 bits per heavy atom. The van der Waals surface area contributed by atoms with E-state index in [9.17, 15) is 4.79 Å². The molecule has 0 amide bonds. The smallest absolute Gasteiger partial charge is 0.162 e. The molecule has 4 rings (SSSR count). The van der Waals surface area contributed by atoms with Crippen LogP contribution in [0.3, 0.4) is 0 Å². The molecule has 0 aliphatic carbocycles. The largest absolute Gasteiger partial charge is 0.301 e. The van der Waals surface area contributed by atoms with Gasteiger partial charge in [-0.05, 0) is 24.1 Å². The molecule has 0 unspecified atom stereocenters. The first-order valence-corrected chi connectivity index (χ1v) is 11.0. The molecule has 0 bridgehead atoms. The Labute approximate surface area is 204 Å².